The summed E-state index contributed by atoms with van der Waals surface area (Å²) in [5.41, 5.74) is 0.843. The highest BCUT2D eigenvalue weighted by Crippen LogP contribution is 2.10. The number of ether oxygens (including phenoxy) is 1. The van der Waals surface area contributed by atoms with Crippen molar-refractivity contribution in [2.75, 3.05) is 20.3 Å². The molecule has 0 aromatic carbocycles. The van der Waals surface area contributed by atoms with Crippen molar-refractivity contribution in [3.8, 4) is 11.5 Å². The summed E-state index contributed by atoms with van der Waals surface area (Å²) in [6.45, 7) is 1.01. The van der Waals surface area contributed by atoms with Crippen molar-refractivity contribution in [1.29, 1.82) is 0 Å². The van der Waals surface area contributed by atoms with E-state index in [1.807, 2.05) is 6.20 Å². The van der Waals surface area contributed by atoms with Gasteiger partial charge in [-0.2, -0.15) is 5.10 Å². The van der Waals surface area contributed by atoms with Gasteiger partial charge in [-0.15, -0.1) is 0 Å². The Kier molecular flexibility index (Phi) is 5.72. The fourth-order valence-electron chi connectivity index (χ4n) is 2.58. The minimum absolute atomic E-state index is 0.0327. The summed E-state index contributed by atoms with van der Waals surface area (Å²) in [4.78, 5) is 37.9. The van der Waals surface area contributed by atoms with E-state index in [1.54, 1.807) is 49.4 Å². The van der Waals surface area contributed by atoms with Gasteiger partial charge in [-0.3, -0.25) is 19.3 Å². The van der Waals surface area contributed by atoms with Gasteiger partial charge in [-0.25, -0.2) is 4.98 Å². The molecule has 0 spiro atoms. The van der Waals surface area contributed by atoms with Gasteiger partial charge in [0.2, 0.25) is 0 Å². The topological polar surface area (TPSA) is 106 Å². The number of pyridine rings is 1. The van der Waals surface area contributed by atoms with E-state index in [-0.39, 0.29) is 5.56 Å². The van der Waals surface area contributed by atoms with Crippen molar-refractivity contribution >= 4 is 5.91 Å². The summed E-state index contributed by atoms with van der Waals surface area (Å²) < 4.78 is 6.74. The number of nitrogens with one attached hydrogen (secondary N) is 1. The van der Waals surface area contributed by atoms with Crippen LogP contribution in [0.5, 0.6) is 0 Å². The van der Waals surface area contributed by atoms with Crippen LogP contribution in [0.25, 0.3) is 11.5 Å². The number of H-pyrrole nitrogens is 1. The van der Waals surface area contributed by atoms with E-state index in [9.17, 15) is 9.59 Å². The van der Waals surface area contributed by atoms with Crippen LogP contribution in [0.15, 0.2) is 47.8 Å². The summed E-state index contributed by atoms with van der Waals surface area (Å²) in [7, 11) is 3.36. The Morgan fingerprint density at radius 2 is 2.15 bits per heavy atom. The molecule has 0 unspecified atom stereocenters. The van der Waals surface area contributed by atoms with Crippen LogP contribution in [-0.4, -0.2) is 55.8 Å². The summed E-state index contributed by atoms with van der Waals surface area (Å²) in [6.07, 6.45) is 6.39. The van der Waals surface area contributed by atoms with Gasteiger partial charge in [-0.05, 0) is 12.1 Å². The van der Waals surface area contributed by atoms with E-state index in [1.165, 1.54) is 11.1 Å². The summed E-state index contributed by atoms with van der Waals surface area (Å²) in [6, 6.07) is 5.29. The maximum absolute atomic E-state index is 12.9. The molecule has 1 N–H and O–H groups in total. The van der Waals surface area contributed by atoms with Crippen molar-refractivity contribution in [3.63, 3.8) is 0 Å². The number of aromatic nitrogens is 5. The predicted molar refractivity (Wildman–Crippen MR) is 97.9 cm³/mol. The number of carbonyl (C=O) groups is 1. The number of carbonyl (C=O) groups excluding carboxylic acids is 1. The van der Waals surface area contributed by atoms with Crippen molar-refractivity contribution in [1.82, 2.24) is 29.6 Å². The number of rotatable bonds is 7. The zero-order valence-electron chi connectivity index (χ0n) is 15.1. The fourth-order valence-corrected chi connectivity index (χ4v) is 2.58. The zero-order chi connectivity index (χ0) is 19.2. The van der Waals surface area contributed by atoms with Gasteiger partial charge >= 0.3 is 0 Å². The zero-order valence-corrected chi connectivity index (χ0v) is 15.1. The minimum atomic E-state index is -0.510. The first-order chi connectivity index (χ1) is 13.1. The Bertz CT molecular complexity index is 966. The van der Waals surface area contributed by atoms with Gasteiger partial charge in [-0.1, -0.05) is 6.07 Å². The molecule has 3 rings (SSSR count). The van der Waals surface area contributed by atoms with Crippen LogP contribution in [0.2, 0.25) is 0 Å². The van der Waals surface area contributed by atoms with Crippen molar-refractivity contribution in [2.45, 2.75) is 6.54 Å². The van der Waals surface area contributed by atoms with Crippen LogP contribution in [0.1, 0.15) is 15.9 Å². The summed E-state index contributed by atoms with van der Waals surface area (Å²) in [5.74, 6) is -0.106. The monoisotopic (exact) mass is 368 g/mol. The molecule has 3 aromatic heterocycles. The third kappa shape index (κ3) is 4.45. The Balaban J connectivity index is 1.85. The van der Waals surface area contributed by atoms with Gasteiger partial charge in [0.05, 0.1) is 12.8 Å². The average molecular weight is 368 g/mol. The van der Waals surface area contributed by atoms with Crippen LogP contribution in [-0.2, 0) is 18.3 Å². The number of aromatic amines is 1. The van der Waals surface area contributed by atoms with E-state index in [2.05, 4.69) is 20.1 Å². The number of nitrogens with zero attached hydrogens (tertiary/aromatic N) is 5. The van der Waals surface area contributed by atoms with Crippen molar-refractivity contribution in [3.05, 3.63) is 64.5 Å². The molecule has 0 aliphatic rings. The predicted octanol–water partition coefficient (Wildman–Crippen LogP) is 0.854. The van der Waals surface area contributed by atoms with Crippen LogP contribution in [0.3, 0.4) is 0 Å². The van der Waals surface area contributed by atoms with E-state index >= 15 is 0 Å². The Morgan fingerprint density at radius 1 is 1.30 bits per heavy atom. The molecular formula is C18H20N6O3. The SMILES string of the molecule is COCCN(Cc1cnn(C)c1)C(=O)c1cnc(-c2ccccn2)[nH]c1=O. The molecule has 3 heterocycles. The highest BCUT2D eigenvalue weighted by Gasteiger charge is 2.20. The van der Waals surface area contributed by atoms with E-state index < -0.39 is 11.5 Å². The first-order valence-electron chi connectivity index (χ1n) is 8.35. The Hall–Kier alpha value is -3.33. The molecule has 0 atom stereocenters. The summed E-state index contributed by atoms with van der Waals surface area (Å²) >= 11 is 0. The van der Waals surface area contributed by atoms with Crippen LogP contribution in [0.4, 0.5) is 0 Å². The van der Waals surface area contributed by atoms with Gasteiger partial charge in [0.1, 0.15) is 11.3 Å². The number of aryl methyl sites for hydroxylation is 1. The van der Waals surface area contributed by atoms with Crippen LogP contribution in [0, 0.1) is 0 Å². The number of amides is 1. The van der Waals surface area contributed by atoms with Crippen molar-refractivity contribution < 1.29 is 9.53 Å². The second kappa shape index (κ2) is 8.37. The van der Waals surface area contributed by atoms with Crippen LogP contribution >= 0.6 is 0 Å². The van der Waals surface area contributed by atoms with E-state index in [4.69, 9.17) is 4.74 Å². The maximum atomic E-state index is 12.9. The minimum Gasteiger partial charge on any atom is -0.383 e. The number of hydrogen-bond acceptors (Lipinski definition) is 6. The van der Waals surface area contributed by atoms with Gasteiger partial charge in [0, 0.05) is 51.4 Å². The lowest BCUT2D eigenvalue weighted by molar-refractivity contribution is 0.0678. The molecule has 140 valence electrons. The molecule has 0 saturated carbocycles. The molecule has 9 nitrogen and oxygen atoms in total. The molecule has 0 fully saturated rings. The molecule has 0 aliphatic heterocycles. The quantitative estimate of drug-likeness (QED) is 0.663. The number of methoxy groups -OCH3 is 1. The Morgan fingerprint density at radius 3 is 2.78 bits per heavy atom. The molecule has 27 heavy (non-hydrogen) atoms. The highest BCUT2D eigenvalue weighted by molar-refractivity contribution is 5.93. The van der Waals surface area contributed by atoms with Crippen LogP contribution < -0.4 is 5.56 Å². The van der Waals surface area contributed by atoms with Gasteiger partial charge in [0.15, 0.2) is 5.82 Å². The third-order valence-corrected chi connectivity index (χ3v) is 3.92. The molecule has 9 heteroatoms. The molecule has 0 aliphatic carbocycles. The Labute approximate surface area is 155 Å². The molecule has 0 saturated heterocycles. The van der Waals surface area contributed by atoms with Crippen molar-refractivity contribution in [2.24, 2.45) is 7.05 Å². The molecule has 0 bridgehead atoms. The second-order valence-corrected chi connectivity index (χ2v) is 5.93. The molecule has 3 aromatic rings. The summed E-state index contributed by atoms with van der Waals surface area (Å²) in [5, 5.41) is 4.11. The maximum Gasteiger partial charge on any atom is 0.264 e. The molecule has 1 amide bonds. The lowest BCUT2D eigenvalue weighted by Gasteiger charge is -2.21. The first-order valence-corrected chi connectivity index (χ1v) is 8.35. The lowest BCUT2D eigenvalue weighted by Crippen LogP contribution is -2.36. The lowest BCUT2D eigenvalue weighted by atomic mass is 10.2. The molecule has 0 radical (unpaired) electrons. The second-order valence-electron chi connectivity index (χ2n) is 5.93. The van der Waals surface area contributed by atoms with E-state index in [0.29, 0.717) is 31.2 Å². The number of hydrogen-bond donors (Lipinski definition) is 1. The van der Waals surface area contributed by atoms with Gasteiger partial charge in [0.25, 0.3) is 11.5 Å². The standard InChI is InChI=1S/C18H20N6O3/c1-23-11-13(9-21-23)12-24(7-8-27-2)18(26)14-10-20-16(22-17(14)25)15-5-3-4-6-19-15/h3-6,9-11H,7-8,12H2,1-2H3,(H,20,22,25). The fraction of sp³-hybridized carbons (Fsp3) is 0.278. The third-order valence-electron chi connectivity index (χ3n) is 3.92. The first kappa shape index (κ1) is 18.5. The van der Waals surface area contributed by atoms with Gasteiger partial charge < -0.3 is 14.6 Å². The average Bonchev–Trinajstić information content (AvgIpc) is 3.10. The normalized spacial score (nSPS) is 10.7. The molecular weight excluding hydrogens is 348 g/mol. The highest BCUT2D eigenvalue weighted by atomic mass is 16.5. The largest absolute Gasteiger partial charge is 0.383 e. The van der Waals surface area contributed by atoms with E-state index in [0.717, 1.165) is 5.56 Å². The smallest absolute Gasteiger partial charge is 0.264 e.